The quantitative estimate of drug-likeness (QED) is 0.426. The highest BCUT2D eigenvalue weighted by Gasteiger charge is 2.42. The summed E-state index contributed by atoms with van der Waals surface area (Å²) < 4.78 is 12.2. The van der Waals surface area contributed by atoms with Crippen LogP contribution in [0.5, 0.6) is 5.75 Å². The summed E-state index contributed by atoms with van der Waals surface area (Å²) in [6.07, 6.45) is 4.39. The molecule has 2 aromatic carbocycles. The first-order valence-corrected chi connectivity index (χ1v) is 13.3. The van der Waals surface area contributed by atoms with Crippen LogP contribution in [0, 0.1) is 0 Å². The lowest BCUT2D eigenvalue weighted by atomic mass is 9.88. The van der Waals surface area contributed by atoms with Gasteiger partial charge in [-0.25, -0.2) is 4.79 Å². The molecule has 0 radical (unpaired) electrons. The van der Waals surface area contributed by atoms with Gasteiger partial charge in [-0.1, -0.05) is 35.7 Å². The minimum absolute atomic E-state index is 0.0790. The minimum atomic E-state index is -0.511. The van der Waals surface area contributed by atoms with Gasteiger partial charge in [-0.15, -0.1) is 11.8 Å². The first-order valence-electron chi connectivity index (χ1n) is 11.6. The molecule has 0 spiro atoms. The molecule has 0 aromatic heterocycles. The van der Waals surface area contributed by atoms with Gasteiger partial charge < -0.3 is 14.4 Å². The van der Waals surface area contributed by atoms with E-state index in [4.69, 9.17) is 32.7 Å². The summed E-state index contributed by atoms with van der Waals surface area (Å²) in [6, 6.07) is 10.0. The Balaban J connectivity index is 1.50. The fraction of sp³-hybridized carbons (Fsp3) is 0.500. The topological polar surface area (TPSA) is 38.8 Å². The number of halogens is 2. The van der Waals surface area contributed by atoms with Crippen molar-refractivity contribution in [2.75, 3.05) is 13.1 Å². The van der Waals surface area contributed by atoms with Gasteiger partial charge in [0.05, 0.1) is 4.90 Å². The number of carbonyl (C=O) groups excluding carboxylic acids is 1. The number of hydrogen-bond donors (Lipinski definition) is 0. The lowest BCUT2D eigenvalue weighted by molar-refractivity contribution is 0.0117. The molecule has 2 atom stereocenters. The number of ether oxygens (including phenoxy) is 2. The fourth-order valence-electron chi connectivity index (χ4n) is 4.67. The number of carbonyl (C=O) groups is 1. The number of amides is 1. The van der Waals surface area contributed by atoms with Gasteiger partial charge in [-0.05, 0) is 63.4 Å². The van der Waals surface area contributed by atoms with E-state index < -0.39 is 5.60 Å². The SMILES string of the molecule is CC(C)(C)OC(=O)N1CCC2Oc3c(SC4CCC4)cc(-c4ccc(Cl)cc4Cl)cc3C2C1. The van der Waals surface area contributed by atoms with Crippen molar-refractivity contribution in [1.29, 1.82) is 0 Å². The van der Waals surface area contributed by atoms with Crippen LogP contribution >= 0.6 is 35.0 Å². The largest absolute Gasteiger partial charge is 0.488 e. The Kier molecular flexibility index (Phi) is 6.26. The van der Waals surface area contributed by atoms with Crippen molar-refractivity contribution in [2.45, 2.75) is 74.2 Å². The lowest BCUT2D eigenvalue weighted by Gasteiger charge is -2.35. The van der Waals surface area contributed by atoms with Crippen molar-refractivity contribution in [3.8, 4) is 16.9 Å². The first kappa shape index (κ1) is 23.2. The molecule has 1 aliphatic carbocycles. The van der Waals surface area contributed by atoms with Gasteiger partial charge in [0, 0.05) is 51.9 Å². The molecule has 3 aliphatic rings. The van der Waals surface area contributed by atoms with Crippen molar-refractivity contribution in [1.82, 2.24) is 4.90 Å². The third-order valence-corrected chi connectivity index (χ3v) is 8.45. The monoisotopic (exact) mass is 505 g/mol. The summed E-state index contributed by atoms with van der Waals surface area (Å²) in [5, 5.41) is 1.89. The predicted octanol–water partition coefficient (Wildman–Crippen LogP) is 7.79. The van der Waals surface area contributed by atoms with Gasteiger partial charge in [-0.3, -0.25) is 0 Å². The van der Waals surface area contributed by atoms with E-state index >= 15 is 0 Å². The van der Waals surface area contributed by atoms with Crippen LogP contribution in [0.2, 0.25) is 10.0 Å². The van der Waals surface area contributed by atoms with E-state index in [9.17, 15) is 4.79 Å². The Hall–Kier alpha value is -1.56. The van der Waals surface area contributed by atoms with Crippen molar-refractivity contribution in [3.63, 3.8) is 0 Å². The Morgan fingerprint density at radius 3 is 2.61 bits per heavy atom. The molecule has 2 aliphatic heterocycles. The molecular formula is C26H29Cl2NO3S. The molecule has 5 rings (SSSR count). The van der Waals surface area contributed by atoms with Crippen LogP contribution in [0.25, 0.3) is 11.1 Å². The van der Waals surface area contributed by atoms with Gasteiger partial charge in [-0.2, -0.15) is 0 Å². The molecule has 1 saturated carbocycles. The lowest BCUT2D eigenvalue weighted by Crippen LogP contribution is -2.46. The molecule has 0 bridgehead atoms. The zero-order valence-electron chi connectivity index (χ0n) is 19.2. The number of piperidine rings is 1. The molecule has 2 heterocycles. The molecule has 176 valence electrons. The second kappa shape index (κ2) is 8.90. The Morgan fingerprint density at radius 2 is 1.94 bits per heavy atom. The summed E-state index contributed by atoms with van der Waals surface area (Å²) in [5.41, 5.74) is 2.68. The third-order valence-electron chi connectivity index (χ3n) is 6.54. The second-order valence-corrected chi connectivity index (χ2v) is 12.4. The van der Waals surface area contributed by atoms with E-state index in [0.29, 0.717) is 28.4 Å². The van der Waals surface area contributed by atoms with Gasteiger partial charge in [0.1, 0.15) is 17.5 Å². The van der Waals surface area contributed by atoms with Gasteiger partial charge >= 0.3 is 6.09 Å². The van der Waals surface area contributed by atoms with Gasteiger partial charge in [0.15, 0.2) is 0 Å². The van der Waals surface area contributed by atoms with Crippen LogP contribution < -0.4 is 4.74 Å². The maximum atomic E-state index is 12.8. The highest BCUT2D eigenvalue weighted by molar-refractivity contribution is 8.00. The van der Waals surface area contributed by atoms with Crippen molar-refractivity contribution in [2.24, 2.45) is 0 Å². The molecule has 33 heavy (non-hydrogen) atoms. The molecule has 2 unspecified atom stereocenters. The highest BCUT2D eigenvalue weighted by Crippen LogP contribution is 2.51. The first-order chi connectivity index (χ1) is 15.7. The van der Waals surface area contributed by atoms with Crippen LogP contribution in [-0.2, 0) is 4.74 Å². The molecule has 4 nitrogen and oxygen atoms in total. The summed E-state index contributed by atoms with van der Waals surface area (Å²) in [4.78, 5) is 15.8. The zero-order chi connectivity index (χ0) is 23.3. The number of hydrogen-bond acceptors (Lipinski definition) is 4. The van der Waals surface area contributed by atoms with Crippen LogP contribution in [0.4, 0.5) is 4.79 Å². The maximum absolute atomic E-state index is 12.8. The minimum Gasteiger partial charge on any atom is -0.488 e. The number of nitrogens with zero attached hydrogens (tertiary/aromatic N) is 1. The van der Waals surface area contributed by atoms with Crippen molar-refractivity contribution < 1.29 is 14.3 Å². The summed E-state index contributed by atoms with van der Waals surface area (Å²) in [5.74, 6) is 1.11. The normalized spacial score (nSPS) is 22.3. The van der Waals surface area contributed by atoms with E-state index in [1.54, 1.807) is 6.07 Å². The molecule has 2 aromatic rings. The van der Waals surface area contributed by atoms with Gasteiger partial charge in [0.2, 0.25) is 0 Å². The Morgan fingerprint density at radius 1 is 1.15 bits per heavy atom. The average Bonchev–Trinajstić information content (AvgIpc) is 3.07. The molecule has 1 saturated heterocycles. The fourth-order valence-corrected chi connectivity index (χ4v) is 6.59. The third kappa shape index (κ3) is 4.82. The van der Waals surface area contributed by atoms with Crippen LogP contribution in [-0.4, -0.2) is 41.0 Å². The van der Waals surface area contributed by atoms with E-state index in [2.05, 4.69) is 12.1 Å². The molecule has 2 fully saturated rings. The van der Waals surface area contributed by atoms with E-state index in [-0.39, 0.29) is 18.1 Å². The van der Waals surface area contributed by atoms with Crippen molar-refractivity contribution >= 4 is 41.1 Å². The predicted molar refractivity (Wildman–Crippen MR) is 135 cm³/mol. The number of thioether (sulfide) groups is 1. The number of likely N-dealkylation sites (tertiary alicyclic amines) is 1. The molecule has 0 N–H and O–H groups in total. The number of benzene rings is 2. The molecule has 1 amide bonds. The van der Waals surface area contributed by atoms with Crippen molar-refractivity contribution in [3.05, 3.63) is 45.9 Å². The molecular weight excluding hydrogens is 477 g/mol. The Bertz CT molecular complexity index is 1080. The summed E-state index contributed by atoms with van der Waals surface area (Å²) in [7, 11) is 0. The van der Waals surface area contributed by atoms with Crippen LogP contribution in [0.15, 0.2) is 35.2 Å². The Labute approximate surface area is 209 Å². The van der Waals surface area contributed by atoms with Crippen LogP contribution in [0.3, 0.4) is 0 Å². The highest BCUT2D eigenvalue weighted by atomic mass is 35.5. The summed E-state index contributed by atoms with van der Waals surface area (Å²) >= 11 is 14.6. The summed E-state index contributed by atoms with van der Waals surface area (Å²) in [6.45, 7) is 6.94. The molecule has 7 heteroatoms. The van der Waals surface area contributed by atoms with Gasteiger partial charge in [0.25, 0.3) is 0 Å². The number of rotatable bonds is 3. The number of fused-ring (bicyclic) bond motifs is 3. The second-order valence-electron chi connectivity index (χ2n) is 10.2. The standard InChI is InChI=1S/C26H29Cl2NO3S/c1-26(2,3)32-25(30)29-10-9-22-20(14-29)19-11-15(18-8-7-16(27)13-21(18)28)12-23(24(19)31-22)33-17-5-4-6-17/h7-8,11-13,17,20,22H,4-6,9-10,14H2,1-3H3. The zero-order valence-corrected chi connectivity index (χ0v) is 21.5. The maximum Gasteiger partial charge on any atom is 0.410 e. The van der Waals surface area contributed by atoms with Crippen LogP contribution in [0.1, 0.15) is 57.9 Å². The van der Waals surface area contributed by atoms with E-state index in [1.807, 2.05) is 49.6 Å². The van der Waals surface area contributed by atoms with E-state index in [1.165, 1.54) is 29.7 Å². The van der Waals surface area contributed by atoms with E-state index in [0.717, 1.165) is 23.3 Å². The smallest absolute Gasteiger partial charge is 0.410 e. The average molecular weight is 506 g/mol.